The van der Waals surface area contributed by atoms with Crippen LogP contribution in [0.25, 0.3) is 6.08 Å². The van der Waals surface area contributed by atoms with Crippen LogP contribution in [0.2, 0.25) is 0 Å². The highest BCUT2D eigenvalue weighted by Gasteiger charge is 1.91. The van der Waals surface area contributed by atoms with Crippen molar-refractivity contribution in [2.24, 2.45) is 0 Å². The summed E-state index contributed by atoms with van der Waals surface area (Å²) in [5.74, 6) is 0. The summed E-state index contributed by atoms with van der Waals surface area (Å²) in [4.78, 5) is 4.23. The standard InChI is InChI=1S/C14H12BrN/c15-13-7-3-5-12(11-13)6-4-9-14-8-1-2-10-16-14/h1-5,7-11H,6H2. The average molecular weight is 274 g/mol. The third kappa shape index (κ3) is 3.31. The smallest absolute Gasteiger partial charge is 0.0626 e. The Morgan fingerprint density at radius 3 is 2.81 bits per heavy atom. The quantitative estimate of drug-likeness (QED) is 0.821. The van der Waals surface area contributed by atoms with Gasteiger partial charge in [-0.2, -0.15) is 0 Å². The molecule has 2 rings (SSSR count). The van der Waals surface area contributed by atoms with Gasteiger partial charge >= 0.3 is 0 Å². The predicted molar refractivity (Wildman–Crippen MR) is 71.1 cm³/mol. The van der Waals surface area contributed by atoms with E-state index in [4.69, 9.17) is 0 Å². The number of aromatic nitrogens is 1. The molecule has 1 nitrogen and oxygen atoms in total. The summed E-state index contributed by atoms with van der Waals surface area (Å²) in [7, 11) is 0. The molecular weight excluding hydrogens is 262 g/mol. The molecule has 1 aromatic carbocycles. The van der Waals surface area contributed by atoms with E-state index in [1.54, 1.807) is 6.20 Å². The number of hydrogen-bond donors (Lipinski definition) is 0. The number of nitrogens with zero attached hydrogens (tertiary/aromatic N) is 1. The molecule has 0 fully saturated rings. The second-order valence-corrected chi connectivity index (χ2v) is 4.41. The Morgan fingerprint density at radius 2 is 2.06 bits per heavy atom. The largest absolute Gasteiger partial charge is 0.257 e. The van der Waals surface area contributed by atoms with Crippen LogP contribution < -0.4 is 0 Å². The Kier molecular flexibility index (Phi) is 3.89. The van der Waals surface area contributed by atoms with Crippen molar-refractivity contribution in [2.45, 2.75) is 6.42 Å². The van der Waals surface area contributed by atoms with Gasteiger partial charge in [-0.1, -0.05) is 40.2 Å². The molecule has 0 bridgehead atoms. The molecule has 0 N–H and O–H groups in total. The molecule has 2 aromatic rings. The Hall–Kier alpha value is -1.41. The maximum absolute atomic E-state index is 4.23. The van der Waals surface area contributed by atoms with Gasteiger partial charge in [-0.15, -0.1) is 0 Å². The second kappa shape index (κ2) is 5.61. The molecule has 0 amide bonds. The van der Waals surface area contributed by atoms with Crippen LogP contribution in [0.4, 0.5) is 0 Å². The van der Waals surface area contributed by atoms with Crippen LogP contribution in [0.15, 0.2) is 59.2 Å². The number of benzene rings is 1. The highest BCUT2D eigenvalue weighted by Crippen LogP contribution is 2.12. The van der Waals surface area contributed by atoms with Gasteiger partial charge in [-0.3, -0.25) is 4.98 Å². The fraction of sp³-hybridized carbons (Fsp3) is 0.0714. The van der Waals surface area contributed by atoms with E-state index in [9.17, 15) is 0 Å². The van der Waals surface area contributed by atoms with E-state index in [1.165, 1.54) is 5.56 Å². The summed E-state index contributed by atoms with van der Waals surface area (Å²) in [5, 5.41) is 0. The van der Waals surface area contributed by atoms with Gasteiger partial charge in [0.25, 0.3) is 0 Å². The summed E-state index contributed by atoms with van der Waals surface area (Å²) in [6.07, 6.45) is 6.90. The molecule has 0 spiro atoms. The van der Waals surface area contributed by atoms with Crippen LogP contribution in [0.3, 0.4) is 0 Å². The van der Waals surface area contributed by atoms with E-state index < -0.39 is 0 Å². The fourth-order valence-electron chi connectivity index (χ4n) is 1.45. The average Bonchev–Trinajstić information content (AvgIpc) is 2.30. The number of rotatable bonds is 3. The van der Waals surface area contributed by atoms with Crippen molar-refractivity contribution in [3.63, 3.8) is 0 Å². The fourth-order valence-corrected chi connectivity index (χ4v) is 1.90. The maximum Gasteiger partial charge on any atom is 0.0626 e. The van der Waals surface area contributed by atoms with Crippen LogP contribution in [-0.2, 0) is 6.42 Å². The van der Waals surface area contributed by atoms with Crippen LogP contribution in [0, 0.1) is 0 Å². The van der Waals surface area contributed by atoms with Crippen molar-refractivity contribution in [1.29, 1.82) is 0 Å². The summed E-state index contributed by atoms with van der Waals surface area (Å²) in [6.45, 7) is 0. The van der Waals surface area contributed by atoms with E-state index in [-0.39, 0.29) is 0 Å². The molecule has 0 radical (unpaired) electrons. The zero-order valence-electron chi connectivity index (χ0n) is 8.81. The Bertz CT molecular complexity index is 477. The van der Waals surface area contributed by atoms with E-state index in [0.29, 0.717) is 0 Å². The zero-order chi connectivity index (χ0) is 11.2. The minimum atomic E-state index is 0.927. The van der Waals surface area contributed by atoms with Crippen LogP contribution in [0.5, 0.6) is 0 Å². The first kappa shape index (κ1) is 11.1. The van der Waals surface area contributed by atoms with E-state index in [1.807, 2.05) is 36.4 Å². The molecule has 0 aliphatic rings. The number of hydrogen-bond acceptors (Lipinski definition) is 1. The Morgan fingerprint density at radius 1 is 1.12 bits per heavy atom. The first-order chi connectivity index (χ1) is 7.84. The lowest BCUT2D eigenvalue weighted by Crippen LogP contribution is -1.81. The van der Waals surface area contributed by atoms with Gasteiger partial charge in [0.05, 0.1) is 5.69 Å². The SMILES string of the molecule is Brc1cccc(CC=Cc2ccccn2)c1. The van der Waals surface area contributed by atoms with Crippen LogP contribution in [0.1, 0.15) is 11.3 Å². The van der Waals surface area contributed by atoms with Gasteiger partial charge in [0.1, 0.15) is 0 Å². The lowest BCUT2D eigenvalue weighted by atomic mass is 10.1. The van der Waals surface area contributed by atoms with Crippen molar-refractivity contribution < 1.29 is 0 Å². The highest BCUT2D eigenvalue weighted by atomic mass is 79.9. The third-order valence-electron chi connectivity index (χ3n) is 2.22. The lowest BCUT2D eigenvalue weighted by Gasteiger charge is -1.96. The molecule has 0 unspecified atom stereocenters. The van der Waals surface area contributed by atoms with Crippen molar-refractivity contribution in [2.75, 3.05) is 0 Å². The van der Waals surface area contributed by atoms with Gasteiger partial charge in [0.15, 0.2) is 0 Å². The maximum atomic E-state index is 4.23. The minimum absolute atomic E-state index is 0.927. The molecule has 0 saturated heterocycles. The predicted octanol–water partition coefficient (Wildman–Crippen LogP) is 4.10. The summed E-state index contributed by atoms with van der Waals surface area (Å²) < 4.78 is 1.12. The van der Waals surface area contributed by atoms with Crippen LogP contribution in [-0.4, -0.2) is 4.98 Å². The van der Waals surface area contributed by atoms with Gasteiger partial charge in [-0.05, 0) is 42.3 Å². The molecule has 2 heteroatoms. The van der Waals surface area contributed by atoms with Crippen molar-refractivity contribution >= 4 is 22.0 Å². The van der Waals surface area contributed by atoms with E-state index in [2.05, 4.69) is 39.1 Å². The summed E-state index contributed by atoms with van der Waals surface area (Å²) in [6, 6.07) is 14.2. The molecule has 0 saturated carbocycles. The minimum Gasteiger partial charge on any atom is -0.257 e. The number of pyridine rings is 1. The molecule has 1 aromatic heterocycles. The molecular formula is C14H12BrN. The number of allylic oxidation sites excluding steroid dienone is 1. The first-order valence-electron chi connectivity index (χ1n) is 5.16. The zero-order valence-corrected chi connectivity index (χ0v) is 10.4. The van der Waals surface area contributed by atoms with E-state index in [0.717, 1.165) is 16.6 Å². The molecule has 16 heavy (non-hydrogen) atoms. The van der Waals surface area contributed by atoms with Crippen molar-refractivity contribution in [1.82, 2.24) is 4.98 Å². The van der Waals surface area contributed by atoms with Gasteiger partial charge in [0, 0.05) is 10.7 Å². The summed E-state index contributed by atoms with van der Waals surface area (Å²) in [5.41, 5.74) is 2.29. The third-order valence-corrected chi connectivity index (χ3v) is 2.71. The molecule has 1 heterocycles. The van der Waals surface area contributed by atoms with Crippen LogP contribution >= 0.6 is 15.9 Å². The van der Waals surface area contributed by atoms with E-state index >= 15 is 0 Å². The molecule has 0 aliphatic heterocycles. The van der Waals surface area contributed by atoms with Gasteiger partial charge in [-0.25, -0.2) is 0 Å². The molecule has 80 valence electrons. The topological polar surface area (TPSA) is 12.9 Å². The van der Waals surface area contributed by atoms with Gasteiger partial charge in [0.2, 0.25) is 0 Å². The Labute approximate surface area is 104 Å². The lowest BCUT2D eigenvalue weighted by molar-refractivity contribution is 1.25. The Balaban J connectivity index is 2.00. The molecule has 0 aliphatic carbocycles. The second-order valence-electron chi connectivity index (χ2n) is 3.49. The van der Waals surface area contributed by atoms with Crippen molar-refractivity contribution in [3.8, 4) is 0 Å². The normalized spacial score (nSPS) is 10.8. The molecule has 0 atom stereocenters. The highest BCUT2D eigenvalue weighted by molar-refractivity contribution is 9.10. The summed E-state index contributed by atoms with van der Waals surface area (Å²) >= 11 is 3.46. The first-order valence-corrected chi connectivity index (χ1v) is 5.96. The van der Waals surface area contributed by atoms with Gasteiger partial charge < -0.3 is 0 Å². The number of halogens is 1. The monoisotopic (exact) mass is 273 g/mol. The van der Waals surface area contributed by atoms with Crippen molar-refractivity contribution in [3.05, 3.63) is 70.5 Å².